The normalized spacial score (nSPS) is 10.6. The van der Waals surface area contributed by atoms with E-state index in [-0.39, 0.29) is 0 Å². The summed E-state index contributed by atoms with van der Waals surface area (Å²) in [5.41, 5.74) is 7.78. The minimum absolute atomic E-state index is 0.835. The van der Waals surface area contributed by atoms with Crippen LogP contribution in [-0.2, 0) is 0 Å². The van der Waals surface area contributed by atoms with Gasteiger partial charge in [-0.3, -0.25) is 0 Å². The molecule has 0 spiro atoms. The summed E-state index contributed by atoms with van der Waals surface area (Å²) < 4.78 is 1.21. The molecular weight excluding hydrogens is 347 g/mol. The van der Waals surface area contributed by atoms with Crippen LogP contribution in [0.5, 0.6) is 0 Å². The number of rotatable bonds is 10. The lowest BCUT2D eigenvalue weighted by Gasteiger charge is -2.09. The van der Waals surface area contributed by atoms with Gasteiger partial charge in [0, 0.05) is 21.5 Å². The van der Waals surface area contributed by atoms with E-state index in [2.05, 4.69) is 40.9 Å². The van der Waals surface area contributed by atoms with E-state index in [0.717, 1.165) is 12.2 Å². The van der Waals surface area contributed by atoms with Gasteiger partial charge in [0.2, 0.25) is 0 Å². The van der Waals surface area contributed by atoms with Crippen LogP contribution in [0.1, 0.15) is 58.3 Å². The number of anilines is 2. The first-order valence-electron chi connectivity index (χ1n) is 7.53. The molecule has 0 aliphatic carbocycles. The van der Waals surface area contributed by atoms with Crippen LogP contribution >= 0.6 is 22.6 Å². The Kier molecular flexibility index (Phi) is 9.05. The fraction of sp³-hybridized carbons (Fsp3) is 0.625. The fourth-order valence-corrected chi connectivity index (χ4v) is 2.89. The van der Waals surface area contributed by atoms with Crippen molar-refractivity contribution < 1.29 is 0 Å². The first kappa shape index (κ1) is 16.6. The number of nitrogens with two attached hydrogens (primary N) is 1. The zero-order chi connectivity index (χ0) is 13.9. The molecular formula is C16H27IN2. The average molecular weight is 374 g/mol. The minimum atomic E-state index is 0.835. The topological polar surface area (TPSA) is 38.0 Å². The maximum Gasteiger partial charge on any atom is 0.0477 e. The summed E-state index contributed by atoms with van der Waals surface area (Å²) in [5, 5.41) is 3.49. The Balaban J connectivity index is 2.01. The zero-order valence-corrected chi connectivity index (χ0v) is 14.2. The Morgan fingerprint density at radius 2 is 1.63 bits per heavy atom. The van der Waals surface area contributed by atoms with E-state index in [4.69, 9.17) is 5.73 Å². The summed E-state index contributed by atoms with van der Waals surface area (Å²) in [6.45, 7) is 3.33. The molecule has 0 saturated carbocycles. The first-order chi connectivity index (χ1) is 9.24. The average Bonchev–Trinajstić information content (AvgIpc) is 2.39. The Bertz CT molecular complexity index is 353. The SMILES string of the molecule is CCCCCCCCCCNc1ccc(N)cc1I. The van der Waals surface area contributed by atoms with Crippen molar-refractivity contribution in [2.24, 2.45) is 0 Å². The summed E-state index contributed by atoms with van der Waals surface area (Å²) >= 11 is 2.33. The van der Waals surface area contributed by atoms with Gasteiger partial charge in [-0.1, -0.05) is 51.9 Å². The molecule has 0 unspecified atom stereocenters. The predicted octanol–water partition coefficient (Wildman–Crippen LogP) is 5.43. The molecule has 108 valence electrons. The van der Waals surface area contributed by atoms with Crippen molar-refractivity contribution in [1.29, 1.82) is 0 Å². The van der Waals surface area contributed by atoms with E-state index in [1.165, 1.54) is 60.6 Å². The van der Waals surface area contributed by atoms with Gasteiger partial charge in [-0.2, -0.15) is 0 Å². The zero-order valence-electron chi connectivity index (χ0n) is 12.1. The van der Waals surface area contributed by atoms with Crippen LogP contribution in [0.3, 0.4) is 0 Å². The van der Waals surface area contributed by atoms with Gasteiger partial charge in [-0.25, -0.2) is 0 Å². The highest BCUT2D eigenvalue weighted by atomic mass is 127. The van der Waals surface area contributed by atoms with Gasteiger partial charge >= 0.3 is 0 Å². The van der Waals surface area contributed by atoms with Crippen LogP contribution in [0.25, 0.3) is 0 Å². The maximum atomic E-state index is 5.74. The molecule has 0 aliphatic rings. The smallest absolute Gasteiger partial charge is 0.0477 e. The molecule has 0 heterocycles. The molecule has 1 aromatic carbocycles. The molecule has 3 N–H and O–H groups in total. The molecule has 0 saturated heterocycles. The van der Waals surface area contributed by atoms with Crippen molar-refractivity contribution in [2.75, 3.05) is 17.6 Å². The van der Waals surface area contributed by atoms with Crippen molar-refractivity contribution in [3.8, 4) is 0 Å². The molecule has 0 amide bonds. The third-order valence-electron chi connectivity index (χ3n) is 3.34. The van der Waals surface area contributed by atoms with Crippen LogP contribution in [0.2, 0.25) is 0 Å². The van der Waals surface area contributed by atoms with Crippen molar-refractivity contribution in [3.05, 3.63) is 21.8 Å². The van der Waals surface area contributed by atoms with Crippen LogP contribution in [0.4, 0.5) is 11.4 Å². The third kappa shape index (κ3) is 7.65. The number of benzene rings is 1. The van der Waals surface area contributed by atoms with E-state index < -0.39 is 0 Å². The van der Waals surface area contributed by atoms with E-state index >= 15 is 0 Å². The number of hydrogen-bond acceptors (Lipinski definition) is 2. The molecule has 0 bridgehead atoms. The van der Waals surface area contributed by atoms with Gasteiger partial charge in [0.25, 0.3) is 0 Å². The molecule has 0 atom stereocenters. The number of unbranched alkanes of at least 4 members (excludes halogenated alkanes) is 7. The summed E-state index contributed by atoms with van der Waals surface area (Å²) in [4.78, 5) is 0. The Labute approximate surface area is 131 Å². The largest absolute Gasteiger partial charge is 0.399 e. The van der Waals surface area contributed by atoms with Gasteiger partial charge < -0.3 is 11.1 Å². The molecule has 0 radical (unpaired) electrons. The van der Waals surface area contributed by atoms with Crippen molar-refractivity contribution in [3.63, 3.8) is 0 Å². The molecule has 3 heteroatoms. The van der Waals surface area contributed by atoms with Crippen LogP contribution in [0.15, 0.2) is 18.2 Å². The van der Waals surface area contributed by atoms with E-state index in [1.807, 2.05) is 12.1 Å². The second kappa shape index (κ2) is 10.4. The van der Waals surface area contributed by atoms with Crippen LogP contribution in [0, 0.1) is 3.57 Å². The Morgan fingerprint density at radius 3 is 2.26 bits per heavy atom. The lowest BCUT2D eigenvalue weighted by atomic mass is 10.1. The van der Waals surface area contributed by atoms with E-state index in [0.29, 0.717) is 0 Å². The van der Waals surface area contributed by atoms with Gasteiger partial charge in [0.05, 0.1) is 0 Å². The highest BCUT2D eigenvalue weighted by Crippen LogP contribution is 2.20. The van der Waals surface area contributed by atoms with Crippen LogP contribution in [-0.4, -0.2) is 6.54 Å². The lowest BCUT2D eigenvalue weighted by Crippen LogP contribution is -2.03. The van der Waals surface area contributed by atoms with Gasteiger partial charge in [0.1, 0.15) is 0 Å². The van der Waals surface area contributed by atoms with Crippen LogP contribution < -0.4 is 11.1 Å². The first-order valence-corrected chi connectivity index (χ1v) is 8.61. The molecule has 0 aromatic heterocycles. The third-order valence-corrected chi connectivity index (χ3v) is 4.23. The van der Waals surface area contributed by atoms with E-state index in [1.54, 1.807) is 0 Å². The monoisotopic (exact) mass is 374 g/mol. The minimum Gasteiger partial charge on any atom is -0.399 e. The fourth-order valence-electron chi connectivity index (χ4n) is 2.16. The van der Waals surface area contributed by atoms with Gasteiger partial charge in [-0.05, 0) is 47.2 Å². The summed E-state index contributed by atoms with van der Waals surface area (Å²) in [6, 6.07) is 6.04. The molecule has 19 heavy (non-hydrogen) atoms. The summed E-state index contributed by atoms with van der Waals surface area (Å²) in [5.74, 6) is 0. The second-order valence-electron chi connectivity index (χ2n) is 5.14. The van der Waals surface area contributed by atoms with Crippen molar-refractivity contribution >= 4 is 34.0 Å². The number of halogens is 1. The van der Waals surface area contributed by atoms with Gasteiger partial charge in [0.15, 0.2) is 0 Å². The summed E-state index contributed by atoms with van der Waals surface area (Å²) in [6.07, 6.45) is 10.9. The molecule has 0 fully saturated rings. The number of nitrogen functional groups attached to an aromatic ring is 1. The standard InChI is InChI=1S/C16H27IN2/c1-2-3-4-5-6-7-8-9-12-19-16-11-10-14(18)13-15(16)17/h10-11,13,19H,2-9,12,18H2,1H3. The highest BCUT2D eigenvalue weighted by Gasteiger charge is 1.99. The van der Waals surface area contributed by atoms with E-state index in [9.17, 15) is 0 Å². The number of hydrogen-bond donors (Lipinski definition) is 2. The Morgan fingerprint density at radius 1 is 1.00 bits per heavy atom. The molecule has 1 rings (SSSR count). The number of nitrogens with one attached hydrogen (secondary N) is 1. The quantitative estimate of drug-likeness (QED) is 0.326. The highest BCUT2D eigenvalue weighted by molar-refractivity contribution is 14.1. The Hall–Kier alpha value is -0.450. The summed E-state index contributed by atoms with van der Waals surface area (Å²) in [7, 11) is 0. The maximum absolute atomic E-state index is 5.74. The second-order valence-corrected chi connectivity index (χ2v) is 6.30. The van der Waals surface area contributed by atoms with Gasteiger partial charge in [-0.15, -0.1) is 0 Å². The molecule has 1 aromatic rings. The predicted molar refractivity (Wildman–Crippen MR) is 94.7 cm³/mol. The lowest BCUT2D eigenvalue weighted by molar-refractivity contribution is 0.581. The molecule has 0 aliphatic heterocycles. The molecule has 2 nitrogen and oxygen atoms in total. The van der Waals surface area contributed by atoms with Crippen molar-refractivity contribution in [2.45, 2.75) is 58.3 Å². The van der Waals surface area contributed by atoms with Crippen molar-refractivity contribution in [1.82, 2.24) is 0 Å².